The molecular formula is C25H32N6O2. The molecule has 1 aliphatic rings. The zero-order valence-electron chi connectivity index (χ0n) is 20.0. The predicted molar refractivity (Wildman–Crippen MR) is 128 cm³/mol. The van der Waals surface area contributed by atoms with Crippen molar-refractivity contribution in [3.8, 4) is 11.3 Å². The Bertz CT molecular complexity index is 1130. The molecule has 0 saturated carbocycles. The molecule has 1 amide bonds. The first-order valence-electron chi connectivity index (χ1n) is 11.3. The fourth-order valence-electron chi connectivity index (χ4n) is 3.95. The number of aryl methyl sites for hydroxylation is 3. The topological polar surface area (TPSA) is 85.2 Å². The number of anilines is 2. The normalized spacial score (nSPS) is 14.3. The molecule has 8 heteroatoms. The van der Waals surface area contributed by atoms with Gasteiger partial charge in [-0.25, -0.2) is 9.97 Å². The monoisotopic (exact) mass is 448 g/mol. The first-order valence-corrected chi connectivity index (χ1v) is 11.3. The van der Waals surface area contributed by atoms with E-state index in [-0.39, 0.29) is 17.6 Å². The lowest BCUT2D eigenvalue weighted by molar-refractivity contribution is -0.157. The third kappa shape index (κ3) is 5.96. The van der Waals surface area contributed by atoms with Crippen molar-refractivity contribution in [1.29, 1.82) is 0 Å². The van der Waals surface area contributed by atoms with E-state index in [0.29, 0.717) is 25.5 Å². The second-order valence-electron chi connectivity index (χ2n) is 9.59. The molecule has 1 fully saturated rings. The third-order valence-electron chi connectivity index (χ3n) is 5.58. The van der Waals surface area contributed by atoms with Gasteiger partial charge < -0.3 is 15.0 Å². The predicted octanol–water partition coefficient (Wildman–Crippen LogP) is 3.89. The lowest BCUT2D eigenvalue weighted by atomic mass is 9.99. The second-order valence-corrected chi connectivity index (χ2v) is 9.59. The van der Waals surface area contributed by atoms with Gasteiger partial charge in [0.2, 0.25) is 11.9 Å². The highest BCUT2D eigenvalue weighted by atomic mass is 16.5. The number of carbonyl (C=O) groups is 1. The quantitative estimate of drug-likeness (QED) is 0.590. The van der Waals surface area contributed by atoms with Gasteiger partial charge in [-0.05, 0) is 57.4 Å². The van der Waals surface area contributed by atoms with Gasteiger partial charge in [-0.15, -0.1) is 0 Å². The number of hydrogen-bond acceptors (Lipinski definition) is 6. The number of rotatable bonds is 7. The van der Waals surface area contributed by atoms with Gasteiger partial charge in [0, 0.05) is 44.5 Å². The standard InChI is InChI=1S/C25H32N6O2/c1-17-12-19(22-10-11-26-24(29-22)28-20-13-27-30(5)14-20)7-6-18(17)8-9-23(32)31-15-21(16-31)33-25(2,3)4/h6-7,10-14,21H,8-9,15-16H2,1-5H3,(H,26,28,29). The highest BCUT2D eigenvalue weighted by molar-refractivity contribution is 5.77. The minimum atomic E-state index is -0.169. The van der Waals surface area contributed by atoms with E-state index in [1.54, 1.807) is 17.1 Å². The molecule has 0 spiro atoms. The van der Waals surface area contributed by atoms with Crippen molar-refractivity contribution in [2.75, 3.05) is 18.4 Å². The van der Waals surface area contributed by atoms with Gasteiger partial charge in [0.15, 0.2) is 0 Å². The Balaban J connectivity index is 1.34. The van der Waals surface area contributed by atoms with Gasteiger partial charge in [-0.2, -0.15) is 5.10 Å². The van der Waals surface area contributed by atoms with E-state index < -0.39 is 0 Å². The van der Waals surface area contributed by atoms with Crippen LogP contribution in [0.15, 0.2) is 42.9 Å². The van der Waals surface area contributed by atoms with E-state index in [0.717, 1.165) is 28.9 Å². The number of nitrogens with one attached hydrogen (secondary N) is 1. The van der Waals surface area contributed by atoms with Crippen LogP contribution in [0.4, 0.5) is 11.6 Å². The fraction of sp³-hybridized carbons (Fsp3) is 0.440. The van der Waals surface area contributed by atoms with Gasteiger partial charge in [0.25, 0.3) is 0 Å². The molecule has 0 bridgehead atoms. The zero-order chi connectivity index (χ0) is 23.6. The maximum atomic E-state index is 12.5. The Morgan fingerprint density at radius 2 is 2.03 bits per heavy atom. The maximum Gasteiger partial charge on any atom is 0.227 e. The summed E-state index contributed by atoms with van der Waals surface area (Å²) >= 11 is 0. The Labute approximate surface area is 195 Å². The molecule has 0 aliphatic carbocycles. The average Bonchev–Trinajstić information content (AvgIpc) is 3.13. The van der Waals surface area contributed by atoms with E-state index >= 15 is 0 Å². The summed E-state index contributed by atoms with van der Waals surface area (Å²) in [7, 11) is 1.86. The van der Waals surface area contributed by atoms with Crippen molar-refractivity contribution in [1.82, 2.24) is 24.6 Å². The number of amides is 1. The van der Waals surface area contributed by atoms with E-state index in [2.05, 4.69) is 45.5 Å². The number of carbonyl (C=O) groups excluding carboxylic acids is 1. The first kappa shape index (κ1) is 22.9. The molecular weight excluding hydrogens is 416 g/mol. The minimum Gasteiger partial charge on any atom is -0.369 e. The Hall–Kier alpha value is -3.26. The number of aromatic nitrogens is 4. The van der Waals surface area contributed by atoms with Crippen LogP contribution in [0.2, 0.25) is 0 Å². The summed E-state index contributed by atoms with van der Waals surface area (Å²) in [5.74, 6) is 0.713. The summed E-state index contributed by atoms with van der Waals surface area (Å²) in [5.41, 5.74) is 4.86. The lowest BCUT2D eigenvalue weighted by Crippen LogP contribution is -2.56. The summed E-state index contributed by atoms with van der Waals surface area (Å²) in [6, 6.07) is 8.16. The van der Waals surface area contributed by atoms with E-state index in [1.807, 2.05) is 45.0 Å². The molecule has 1 aliphatic heterocycles. The van der Waals surface area contributed by atoms with Crippen molar-refractivity contribution in [3.63, 3.8) is 0 Å². The smallest absolute Gasteiger partial charge is 0.227 e. The number of benzene rings is 1. The molecule has 2 aromatic heterocycles. The van der Waals surface area contributed by atoms with Crippen LogP contribution in [-0.2, 0) is 23.0 Å². The first-order chi connectivity index (χ1) is 15.7. The molecule has 8 nitrogen and oxygen atoms in total. The van der Waals surface area contributed by atoms with Gasteiger partial charge in [0.1, 0.15) is 0 Å². The van der Waals surface area contributed by atoms with Crippen molar-refractivity contribution >= 4 is 17.5 Å². The molecule has 0 atom stereocenters. The number of nitrogens with zero attached hydrogens (tertiary/aromatic N) is 5. The highest BCUT2D eigenvalue weighted by Crippen LogP contribution is 2.24. The largest absolute Gasteiger partial charge is 0.369 e. The van der Waals surface area contributed by atoms with Crippen LogP contribution in [0.1, 0.15) is 38.3 Å². The van der Waals surface area contributed by atoms with E-state index in [1.165, 1.54) is 5.56 Å². The van der Waals surface area contributed by atoms with Crippen molar-refractivity contribution < 1.29 is 9.53 Å². The van der Waals surface area contributed by atoms with Crippen molar-refractivity contribution in [2.45, 2.75) is 52.2 Å². The lowest BCUT2D eigenvalue weighted by Gasteiger charge is -2.42. The van der Waals surface area contributed by atoms with Crippen LogP contribution in [0.25, 0.3) is 11.3 Å². The van der Waals surface area contributed by atoms with Crippen LogP contribution >= 0.6 is 0 Å². The minimum absolute atomic E-state index is 0.153. The van der Waals surface area contributed by atoms with Crippen LogP contribution in [0, 0.1) is 6.92 Å². The molecule has 3 aromatic rings. The van der Waals surface area contributed by atoms with Gasteiger partial charge in [0.05, 0.1) is 29.3 Å². The van der Waals surface area contributed by atoms with E-state index in [4.69, 9.17) is 4.74 Å². The van der Waals surface area contributed by atoms with E-state index in [9.17, 15) is 4.79 Å². The molecule has 1 aromatic carbocycles. The molecule has 1 saturated heterocycles. The summed E-state index contributed by atoms with van der Waals surface area (Å²) in [6.45, 7) is 9.60. The number of likely N-dealkylation sites (tertiary alicyclic amines) is 1. The van der Waals surface area contributed by atoms with Crippen LogP contribution in [-0.4, -0.2) is 55.4 Å². The van der Waals surface area contributed by atoms with Crippen LogP contribution in [0.5, 0.6) is 0 Å². The van der Waals surface area contributed by atoms with Gasteiger partial charge in [-0.3, -0.25) is 9.48 Å². The second kappa shape index (κ2) is 9.31. The van der Waals surface area contributed by atoms with Crippen LogP contribution in [0.3, 0.4) is 0 Å². The fourth-order valence-corrected chi connectivity index (χ4v) is 3.95. The number of hydrogen-bond donors (Lipinski definition) is 1. The molecule has 1 N–H and O–H groups in total. The zero-order valence-corrected chi connectivity index (χ0v) is 20.0. The molecule has 174 valence electrons. The van der Waals surface area contributed by atoms with Crippen LogP contribution < -0.4 is 5.32 Å². The number of ether oxygens (including phenoxy) is 1. The molecule has 0 unspecified atom stereocenters. The summed E-state index contributed by atoms with van der Waals surface area (Å²) in [6.07, 6.45) is 6.73. The Morgan fingerprint density at radius 3 is 2.70 bits per heavy atom. The van der Waals surface area contributed by atoms with Crippen molar-refractivity contribution in [3.05, 3.63) is 54.0 Å². The molecule has 0 radical (unpaired) electrons. The summed E-state index contributed by atoms with van der Waals surface area (Å²) in [5, 5.41) is 7.32. The molecule has 4 rings (SSSR count). The van der Waals surface area contributed by atoms with Gasteiger partial charge in [-0.1, -0.05) is 12.1 Å². The Kier molecular flexibility index (Phi) is 6.47. The molecule has 3 heterocycles. The third-order valence-corrected chi connectivity index (χ3v) is 5.58. The summed E-state index contributed by atoms with van der Waals surface area (Å²) < 4.78 is 7.64. The highest BCUT2D eigenvalue weighted by Gasteiger charge is 2.33. The van der Waals surface area contributed by atoms with Crippen molar-refractivity contribution in [2.24, 2.45) is 7.05 Å². The summed E-state index contributed by atoms with van der Waals surface area (Å²) in [4.78, 5) is 23.4. The van der Waals surface area contributed by atoms with Gasteiger partial charge >= 0.3 is 0 Å². The SMILES string of the molecule is Cc1cc(-c2ccnc(Nc3cnn(C)c3)n2)ccc1CCC(=O)N1CC(OC(C)(C)C)C1. The maximum absolute atomic E-state index is 12.5. The molecule has 33 heavy (non-hydrogen) atoms. The Morgan fingerprint density at radius 1 is 1.24 bits per heavy atom. The average molecular weight is 449 g/mol.